The van der Waals surface area contributed by atoms with Crippen LogP contribution in [0.5, 0.6) is 0 Å². The highest BCUT2D eigenvalue weighted by Crippen LogP contribution is 2.70. The molecule has 4 fully saturated rings. The Balaban J connectivity index is 2.01. The molecule has 4 rings (SSSR count). The first-order valence-electron chi connectivity index (χ1n) is 8.62. The second-order valence-electron chi connectivity index (χ2n) is 8.80. The maximum atomic E-state index is 12.0. The quantitative estimate of drug-likeness (QED) is 0.552. The molecule has 0 aromatic rings. The van der Waals surface area contributed by atoms with Crippen molar-refractivity contribution >= 4 is 5.97 Å². The van der Waals surface area contributed by atoms with Crippen LogP contribution in [0.3, 0.4) is 0 Å². The lowest BCUT2D eigenvalue weighted by Gasteiger charge is -2.68. The first-order valence-corrected chi connectivity index (χ1v) is 8.62. The molecule has 0 aromatic carbocycles. The Bertz CT molecular complexity index is 428. The van der Waals surface area contributed by atoms with Crippen LogP contribution in [0.15, 0.2) is 12.7 Å². The molecule has 0 radical (unpaired) electrons. The lowest BCUT2D eigenvalue weighted by Crippen LogP contribution is -2.66. The Morgan fingerprint density at radius 2 is 1.71 bits per heavy atom. The molecule has 1 atom stereocenters. The summed E-state index contributed by atoms with van der Waals surface area (Å²) >= 11 is 0. The standard InChI is InChI=1S/C19H30O2/c1-6-13(3)19(21-16(20)7-2)14-8-17(4)9-15(19)11-18(5,10-14)12-17/h7,13-15H,2,6,8-12H2,1,3-5H3. The van der Waals surface area contributed by atoms with Gasteiger partial charge in [-0.05, 0) is 55.3 Å². The van der Waals surface area contributed by atoms with Gasteiger partial charge in [0.1, 0.15) is 5.60 Å². The predicted molar refractivity (Wildman–Crippen MR) is 84.8 cm³/mol. The summed E-state index contributed by atoms with van der Waals surface area (Å²) in [6.07, 6.45) is 8.70. The normalized spacial score (nSPS) is 49.0. The molecular weight excluding hydrogens is 260 g/mol. The van der Waals surface area contributed by atoms with Gasteiger partial charge in [-0.3, -0.25) is 0 Å². The SMILES string of the molecule is C=CC(=O)OC1(C(C)CC)C2CC3(C)CC1CC(C)(C2)C3. The Morgan fingerprint density at radius 1 is 1.24 bits per heavy atom. The van der Waals surface area contributed by atoms with Crippen LogP contribution in [0.4, 0.5) is 0 Å². The Kier molecular flexibility index (Phi) is 3.31. The maximum absolute atomic E-state index is 12.0. The molecule has 2 nitrogen and oxygen atoms in total. The van der Waals surface area contributed by atoms with E-state index in [1.807, 2.05) is 0 Å². The summed E-state index contributed by atoms with van der Waals surface area (Å²) in [4.78, 5) is 12.0. The molecule has 118 valence electrons. The highest BCUT2D eigenvalue weighted by molar-refractivity contribution is 5.81. The van der Waals surface area contributed by atoms with E-state index in [0.29, 0.717) is 28.6 Å². The van der Waals surface area contributed by atoms with Gasteiger partial charge in [0, 0.05) is 17.9 Å². The van der Waals surface area contributed by atoms with E-state index in [1.165, 1.54) is 38.2 Å². The van der Waals surface area contributed by atoms with Crippen molar-refractivity contribution in [3.8, 4) is 0 Å². The average molecular weight is 290 g/mol. The van der Waals surface area contributed by atoms with Gasteiger partial charge in [0.25, 0.3) is 0 Å². The van der Waals surface area contributed by atoms with Gasteiger partial charge >= 0.3 is 5.97 Å². The fourth-order valence-corrected chi connectivity index (χ4v) is 6.59. The van der Waals surface area contributed by atoms with E-state index in [-0.39, 0.29) is 11.6 Å². The Labute approximate surface area is 129 Å². The lowest BCUT2D eigenvalue weighted by molar-refractivity contribution is -0.253. The van der Waals surface area contributed by atoms with Crippen molar-refractivity contribution in [3.63, 3.8) is 0 Å². The largest absolute Gasteiger partial charge is 0.455 e. The number of rotatable bonds is 4. The summed E-state index contributed by atoms with van der Waals surface area (Å²) in [6, 6.07) is 0. The third-order valence-electron chi connectivity index (χ3n) is 6.91. The van der Waals surface area contributed by atoms with Crippen LogP contribution in [0.25, 0.3) is 0 Å². The first-order chi connectivity index (χ1) is 9.77. The molecule has 0 heterocycles. The third-order valence-corrected chi connectivity index (χ3v) is 6.91. The smallest absolute Gasteiger partial charge is 0.330 e. The number of ether oxygens (including phenoxy) is 1. The summed E-state index contributed by atoms with van der Waals surface area (Å²) < 4.78 is 6.15. The molecule has 21 heavy (non-hydrogen) atoms. The van der Waals surface area contributed by atoms with Crippen molar-refractivity contribution in [2.24, 2.45) is 28.6 Å². The van der Waals surface area contributed by atoms with Gasteiger partial charge < -0.3 is 4.74 Å². The summed E-state index contributed by atoms with van der Waals surface area (Å²) in [5.41, 5.74) is 0.704. The molecule has 4 saturated carbocycles. The second kappa shape index (κ2) is 4.60. The van der Waals surface area contributed by atoms with E-state index in [2.05, 4.69) is 34.3 Å². The van der Waals surface area contributed by atoms with Crippen LogP contribution in [-0.2, 0) is 9.53 Å². The molecule has 0 spiro atoms. The average Bonchev–Trinajstić information content (AvgIpc) is 2.39. The Hall–Kier alpha value is -0.790. The Morgan fingerprint density at radius 3 is 2.10 bits per heavy atom. The van der Waals surface area contributed by atoms with Crippen molar-refractivity contribution in [1.29, 1.82) is 0 Å². The highest BCUT2D eigenvalue weighted by atomic mass is 16.6. The van der Waals surface area contributed by atoms with Gasteiger partial charge in [-0.25, -0.2) is 4.79 Å². The van der Waals surface area contributed by atoms with E-state index < -0.39 is 0 Å². The zero-order chi connectivity index (χ0) is 15.5. The molecule has 2 heteroatoms. The molecular formula is C19H30O2. The second-order valence-corrected chi connectivity index (χ2v) is 8.80. The molecule has 1 unspecified atom stereocenters. The van der Waals surface area contributed by atoms with Crippen LogP contribution >= 0.6 is 0 Å². The minimum Gasteiger partial charge on any atom is -0.455 e. The van der Waals surface area contributed by atoms with E-state index in [4.69, 9.17) is 4.74 Å². The fraction of sp³-hybridized carbons (Fsp3) is 0.842. The summed E-state index contributed by atoms with van der Waals surface area (Å²) in [7, 11) is 0. The molecule has 4 aliphatic carbocycles. The van der Waals surface area contributed by atoms with Crippen molar-refractivity contribution in [3.05, 3.63) is 12.7 Å². The molecule has 0 aliphatic heterocycles. The van der Waals surface area contributed by atoms with E-state index in [1.54, 1.807) is 0 Å². The minimum atomic E-state index is -0.237. The molecule has 0 amide bonds. The van der Waals surface area contributed by atoms with E-state index in [9.17, 15) is 4.79 Å². The number of carbonyl (C=O) groups is 1. The zero-order valence-electron chi connectivity index (χ0n) is 14.1. The van der Waals surface area contributed by atoms with Crippen LogP contribution in [0.1, 0.15) is 66.2 Å². The fourth-order valence-electron chi connectivity index (χ4n) is 6.59. The number of hydrogen-bond acceptors (Lipinski definition) is 2. The van der Waals surface area contributed by atoms with Crippen LogP contribution < -0.4 is 0 Å². The van der Waals surface area contributed by atoms with Gasteiger partial charge in [-0.2, -0.15) is 0 Å². The van der Waals surface area contributed by atoms with Crippen molar-refractivity contribution in [2.75, 3.05) is 0 Å². The summed E-state index contributed by atoms with van der Waals surface area (Å²) in [5.74, 6) is 1.28. The van der Waals surface area contributed by atoms with Crippen LogP contribution in [0.2, 0.25) is 0 Å². The van der Waals surface area contributed by atoms with Gasteiger partial charge in [-0.15, -0.1) is 0 Å². The third kappa shape index (κ3) is 2.09. The number of esters is 1. The van der Waals surface area contributed by atoms with Crippen molar-refractivity contribution < 1.29 is 9.53 Å². The summed E-state index contributed by atoms with van der Waals surface area (Å²) in [6.45, 7) is 13.0. The molecule has 0 aromatic heterocycles. The van der Waals surface area contributed by atoms with Crippen molar-refractivity contribution in [2.45, 2.75) is 71.8 Å². The van der Waals surface area contributed by atoms with E-state index in [0.717, 1.165) is 6.42 Å². The van der Waals surface area contributed by atoms with E-state index >= 15 is 0 Å². The molecule has 4 aliphatic rings. The minimum absolute atomic E-state index is 0.224. The van der Waals surface area contributed by atoms with Gasteiger partial charge in [0.15, 0.2) is 0 Å². The first kappa shape index (κ1) is 15.1. The topological polar surface area (TPSA) is 26.3 Å². The molecule has 0 saturated heterocycles. The highest BCUT2D eigenvalue weighted by Gasteiger charge is 2.67. The van der Waals surface area contributed by atoms with Crippen LogP contribution in [-0.4, -0.2) is 11.6 Å². The van der Waals surface area contributed by atoms with Gasteiger partial charge in [-0.1, -0.05) is 34.3 Å². The van der Waals surface area contributed by atoms with Gasteiger partial charge in [0.2, 0.25) is 0 Å². The predicted octanol–water partition coefficient (Wildman–Crippen LogP) is 4.74. The number of carbonyl (C=O) groups excluding carboxylic acids is 1. The molecule has 0 N–H and O–H groups in total. The zero-order valence-corrected chi connectivity index (χ0v) is 14.1. The lowest BCUT2D eigenvalue weighted by atomic mass is 9.39. The van der Waals surface area contributed by atoms with Gasteiger partial charge in [0.05, 0.1) is 0 Å². The summed E-state index contributed by atoms with van der Waals surface area (Å²) in [5, 5.41) is 0. The van der Waals surface area contributed by atoms with Crippen molar-refractivity contribution in [1.82, 2.24) is 0 Å². The molecule has 4 bridgehead atoms. The maximum Gasteiger partial charge on any atom is 0.330 e. The monoisotopic (exact) mass is 290 g/mol. The van der Waals surface area contributed by atoms with Crippen LogP contribution in [0, 0.1) is 28.6 Å². The number of hydrogen-bond donors (Lipinski definition) is 0.